The molecule has 1 heterocycles. The first kappa shape index (κ1) is 14.2. The first-order chi connectivity index (χ1) is 8.03. The maximum absolute atomic E-state index is 5.42. The van der Waals surface area contributed by atoms with Crippen LogP contribution in [0.4, 0.5) is 0 Å². The van der Waals surface area contributed by atoms with E-state index in [2.05, 4.69) is 31.2 Å². The molecule has 4 nitrogen and oxygen atoms in total. The third kappa shape index (κ3) is 5.84. The minimum absolute atomic E-state index is 0.0472. The van der Waals surface area contributed by atoms with Crippen LogP contribution in [0.3, 0.4) is 0 Å². The van der Waals surface area contributed by atoms with Crippen LogP contribution in [-0.4, -0.2) is 35.1 Å². The van der Waals surface area contributed by atoms with Crippen molar-refractivity contribution in [2.24, 2.45) is 0 Å². The van der Waals surface area contributed by atoms with E-state index >= 15 is 0 Å². The summed E-state index contributed by atoms with van der Waals surface area (Å²) in [5, 5.41) is 7.69. The van der Waals surface area contributed by atoms with Crippen LogP contribution in [0.2, 0.25) is 0 Å². The zero-order valence-corrected chi connectivity index (χ0v) is 11.4. The predicted octanol–water partition coefficient (Wildman–Crippen LogP) is 2.07. The Morgan fingerprint density at radius 2 is 2.24 bits per heavy atom. The third-order valence-corrected chi connectivity index (χ3v) is 2.97. The number of hydrogen-bond donors (Lipinski definition) is 1. The lowest BCUT2D eigenvalue weighted by atomic mass is 10.00. The summed E-state index contributed by atoms with van der Waals surface area (Å²) in [7, 11) is 1.77. The van der Waals surface area contributed by atoms with Gasteiger partial charge in [0, 0.05) is 32.1 Å². The van der Waals surface area contributed by atoms with Gasteiger partial charge in [0.15, 0.2) is 0 Å². The van der Waals surface area contributed by atoms with E-state index in [-0.39, 0.29) is 5.60 Å². The topological polar surface area (TPSA) is 39.1 Å². The van der Waals surface area contributed by atoms with Gasteiger partial charge in [0.25, 0.3) is 0 Å². The lowest BCUT2D eigenvalue weighted by Crippen LogP contribution is -2.36. The van der Waals surface area contributed by atoms with Gasteiger partial charge in [-0.2, -0.15) is 5.10 Å². The Morgan fingerprint density at radius 1 is 1.47 bits per heavy atom. The average molecular weight is 239 g/mol. The molecule has 0 spiro atoms. The molecule has 0 aliphatic rings. The zero-order valence-electron chi connectivity index (χ0n) is 11.4. The maximum Gasteiger partial charge on any atom is 0.0637 e. The molecular weight excluding hydrogens is 214 g/mol. The van der Waals surface area contributed by atoms with E-state index in [1.54, 1.807) is 7.11 Å². The summed E-state index contributed by atoms with van der Waals surface area (Å²) >= 11 is 0. The summed E-state index contributed by atoms with van der Waals surface area (Å²) in [4.78, 5) is 0. The molecule has 0 aliphatic carbocycles. The number of rotatable bonds is 8. The Bertz CT molecular complexity index is 296. The van der Waals surface area contributed by atoms with Crippen LogP contribution in [0.1, 0.15) is 33.6 Å². The molecule has 1 unspecified atom stereocenters. The van der Waals surface area contributed by atoms with E-state index in [4.69, 9.17) is 4.74 Å². The molecule has 0 saturated carbocycles. The van der Waals surface area contributed by atoms with Crippen LogP contribution in [0.5, 0.6) is 0 Å². The second-order valence-corrected chi connectivity index (χ2v) is 5.15. The van der Waals surface area contributed by atoms with Gasteiger partial charge in [0.1, 0.15) is 0 Å². The smallest absolute Gasteiger partial charge is 0.0637 e. The van der Waals surface area contributed by atoms with Gasteiger partial charge in [-0.05, 0) is 46.2 Å². The fourth-order valence-corrected chi connectivity index (χ4v) is 1.92. The Kier molecular flexibility index (Phi) is 5.65. The van der Waals surface area contributed by atoms with Crippen molar-refractivity contribution in [3.05, 3.63) is 18.5 Å². The Labute approximate surface area is 104 Å². The highest BCUT2D eigenvalue weighted by Crippen LogP contribution is 2.15. The number of aryl methyl sites for hydroxylation is 1. The standard InChI is InChI=1S/C13H25N3O/c1-12(11-13(2,3)17-4)14-7-5-9-16-10-6-8-15-16/h6,8,10,12,14H,5,7,9,11H2,1-4H3. The van der Waals surface area contributed by atoms with Crippen molar-refractivity contribution in [2.75, 3.05) is 13.7 Å². The van der Waals surface area contributed by atoms with Crippen molar-refractivity contribution in [1.82, 2.24) is 15.1 Å². The van der Waals surface area contributed by atoms with E-state index in [1.165, 1.54) is 0 Å². The van der Waals surface area contributed by atoms with Crippen molar-refractivity contribution in [3.63, 3.8) is 0 Å². The summed E-state index contributed by atoms with van der Waals surface area (Å²) in [5.41, 5.74) is -0.0472. The van der Waals surface area contributed by atoms with E-state index in [9.17, 15) is 0 Å². The molecule has 1 aromatic heterocycles. The molecule has 98 valence electrons. The van der Waals surface area contributed by atoms with Crippen LogP contribution in [0.25, 0.3) is 0 Å². The third-order valence-electron chi connectivity index (χ3n) is 2.97. The van der Waals surface area contributed by atoms with Crippen LogP contribution in [-0.2, 0) is 11.3 Å². The van der Waals surface area contributed by atoms with Crippen molar-refractivity contribution in [2.45, 2.75) is 51.8 Å². The second-order valence-electron chi connectivity index (χ2n) is 5.15. The monoisotopic (exact) mass is 239 g/mol. The van der Waals surface area contributed by atoms with E-state index < -0.39 is 0 Å². The summed E-state index contributed by atoms with van der Waals surface area (Å²) in [6, 6.07) is 2.43. The molecule has 0 radical (unpaired) electrons. The minimum atomic E-state index is -0.0472. The molecule has 1 aromatic rings. The molecule has 1 atom stereocenters. The van der Waals surface area contributed by atoms with Gasteiger partial charge in [-0.15, -0.1) is 0 Å². The van der Waals surface area contributed by atoms with Crippen LogP contribution in [0.15, 0.2) is 18.5 Å². The molecule has 1 rings (SSSR count). The zero-order chi connectivity index (χ0) is 12.7. The lowest BCUT2D eigenvalue weighted by Gasteiger charge is -2.27. The Morgan fingerprint density at radius 3 is 2.82 bits per heavy atom. The molecule has 0 fully saturated rings. The normalized spacial score (nSPS) is 13.9. The predicted molar refractivity (Wildman–Crippen MR) is 70.0 cm³/mol. The maximum atomic E-state index is 5.42. The number of methoxy groups -OCH3 is 1. The van der Waals surface area contributed by atoms with Gasteiger partial charge >= 0.3 is 0 Å². The first-order valence-electron chi connectivity index (χ1n) is 6.29. The molecule has 1 N–H and O–H groups in total. The fourth-order valence-electron chi connectivity index (χ4n) is 1.92. The van der Waals surface area contributed by atoms with Gasteiger partial charge in [-0.1, -0.05) is 0 Å². The summed E-state index contributed by atoms with van der Waals surface area (Å²) < 4.78 is 7.38. The molecule has 0 aromatic carbocycles. The van der Waals surface area contributed by atoms with Gasteiger partial charge in [0.2, 0.25) is 0 Å². The highest BCUT2D eigenvalue weighted by Gasteiger charge is 2.19. The fraction of sp³-hybridized carbons (Fsp3) is 0.769. The number of ether oxygens (including phenoxy) is 1. The first-order valence-corrected chi connectivity index (χ1v) is 6.29. The molecule has 0 bridgehead atoms. The van der Waals surface area contributed by atoms with Gasteiger partial charge < -0.3 is 10.1 Å². The molecule has 17 heavy (non-hydrogen) atoms. The molecule has 0 saturated heterocycles. The van der Waals surface area contributed by atoms with Gasteiger partial charge in [0.05, 0.1) is 5.60 Å². The highest BCUT2D eigenvalue weighted by molar-refractivity contribution is 4.78. The van der Waals surface area contributed by atoms with Crippen LogP contribution < -0.4 is 5.32 Å². The quantitative estimate of drug-likeness (QED) is 0.706. The molecular formula is C13H25N3O. The number of nitrogens with one attached hydrogen (secondary N) is 1. The summed E-state index contributed by atoms with van der Waals surface area (Å²) in [6.45, 7) is 8.43. The number of nitrogens with zero attached hydrogens (tertiary/aromatic N) is 2. The van der Waals surface area contributed by atoms with Gasteiger partial charge in [-0.25, -0.2) is 0 Å². The second kappa shape index (κ2) is 6.77. The van der Waals surface area contributed by atoms with Gasteiger partial charge in [-0.3, -0.25) is 4.68 Å². The Hall–Kier alpha value is -0.870. The van der Waals surface area contributed by atoms with Crippen molar-refractivity contribution >= 4 is 0 Å². The van der Waals surface area contributed by atoms with E-state index in [0.29, 0.717) is 6.04 Å². The van der Waals surface area contributed by atoms with Crippen molar-refractivity contribution in [3.8, 4) is 0 Å². The summed E-state index contributed by atoms with van der Waals surface area (Å²) in [6.07, 6.45) is 5.93. The lowest BCUT2D eigenvalue weighted by molar-refractivity contribution is 0.00858. The average Bonchev–Trinajstić information content (AvgIpc) is 2.77. The van der Waals surface area contributed by atoms with E-state index in [0.717, 1.165) is 25.9 Å². The van der Waals surface area contributed by atoms with Crippen molar-refractivity contribution < 1.29 is 4.74 Å². The number of hydrogen-bond acceptors (Lipinski definition) is 3. The Balaban J connectivity index is 2.10. The molecule has 0 aliphatic heterocycles. The largest absolute Gasteiger partial charge is 0.379 e. The van der Waals surface area contributed by atoms with E-state index in [1.807, 2.05) is 23.1 Å². The SMILES string of the molecule is COC(C)(C)CC(C)NCCCn1cccn1. The summed E-state index contributed by atoms with van der Waals surface area (Å²) in [5.74, 6) is 0. The molecule has 0 amide bonds. The molecule has 4 heteroatoms. The van der Waals surface area contributed by atoms with Crippen molar-refractivity contribution in [1.29, 1.82) is 0 Å². The number of aromatic nitrogens is 2. The highest BCUT2D eigenvalue weighted by atomic mass is 16.5. The van der Waals surface area contributed by atoms with Crippen LogP contribution >= 0.6 is 0 Å². The minimum Gasteiger partial charge on any atom is -0.379 e. The van der Waals surface area contributed by atoms with Crippen LogP contribution in [0, 0.1) is 0 Å².